The van der Waals surface area contributed by atoms with Crippen LogP contribution in [0.5, 0.6) is 11.5 Å². The number of rotatable bonds is 6. The molecule has 2 rings (SSSR count). The lowest BCUT2D eigenvalue weighted by molar-refractivity contribution is -0.125. The van der Waals surface area contributed by atoms with E-state index >= 15 is 0 Å². The zero-order chi connectivity index (χ0) is 17.5. The molecule has 0 fully saturated rings. The highest BCUT2D eigenvalue weighted by Gasteiger charge is 2.10. The molecule has 0 aliphatic carbocycles. The topological polar surface area (TPSA) is 38.8 Å². The minimum atomic E-state index is -0.0608. The Morgan fingerprint density at radius 3 is 2.42 bits per heavy atom. The fourth-order valence-electron chi connectivity index (χ4n) is 2.37. The highest BCUT2D eigenvalue weighted by Crippen LogP contribution is 2.21. The van der Waals surface area contributed by atoms with Gasteiger partial charge in [-0.3, -0.25) is 4.79 Å². The summed E-state index contributed by atoms with van der Waals surface area (Å²) in [5.74, 6) is 1.52. The van der Waals surface area contributed by atoms with E-state index in [1.165, 1.54) is 0 Å². The fraction of sp³-hybridized carbons (Fsp3) is 0.250. The molecule has 1 amide bonds. The van der Waals surface area contributed by atoms with Crippen LogP contribution in [0.4, 0.5) is 0 Å². The minimum absolute atomic E-state index is 0.0608. The fourth-order valence-corrected chi connectivity index (χ4v) is 2.37. The number of methoxy groups -OCH3 is 2. The molecule has 0 heterocycles. The van der Waals surface area contributed by atoms with Crippen molar-refractivity contribution in [3.05, 3.63) is 65.2 Å². The molecule has 0 saturated heterocycles. The van der Waals surface area contributed by atoms with E-state index in [0.29, 0.717) is 6.54 Å². The molecular formula is C20H23NO3. The maximum atomic E-state index is 12.3. The second-order valence-electron chi connectivity index (χ2n) is 5.62. The molecule has 126 valence electrons. The van der Waals surface area contributed by atoms with Gasteiger partial charge in [-0.15, -0.1) is 0 Å². The van der Waals surface area contributed by atoms with Crippen molar-refractivity contribution in [3.63, 3.8) is 0 Å². The second-order valence-corrected chi connectivity index (χ2v) is 5.62. The highest BCUT2D eigenvalue weighted by atomic mass is 16.5. The molecule has 0 saturated carbocycles. The minimum Gasteiger partial charge on any atom is -0.497 e. The van der Waals surface area contributed by atoms with Gasteiger partial charge in [0.2, 0.25) is 5.91 Å². The molecule has 0 bridgehead atoms. The van der Waals surface area contributed by atoms with Crippen LogP contribution in [0.2, 0.25) is 0 Å². The number of nitrogens with zero attached hydrogens (tertiary/aromatic N) is 1. The van der Waals surface area contributed by atoms with Crippen LogP contribution in [-0.4, -0.2) is 32.1 Å². The summed E-state index contributed by atoms with van der Waals surface area (Å²) < 4.78 is 10.5. The Bertz CT molecular complexity index is 720. The van der Waals surface area contributed by atoms with Gasteiger partial charge in [-0.05, 0) is 36.8 Å². The first-order valence-electron chi connectivity index (χ1n) is 7.74. The van der Waals surface area contributed by atoms with Crippen LogP contribution < -0.4 is 9.47 Å². The molecule has 2 aromatic rings. The van der Waals surface area contributed by atoms with Gasteiger partial charge >= 0.3 is 0 Å². The number of ether oxygens (including phenoxy) is 2. The van der Waals surface area contributed by atoms with E-state index in [0.717, 1.165) is 28.2 Å². The predicted molar refractivity (Wildman–Crippen MR) is 96.2 cm³/mol. The van der Waals surface area contributed by atoms with Gasteiger partial charge in [-0.25, -0.2) is 0 Å². The predicted octanol–water partition coefficient (Wildman–Crippen LogP) is 3.68. The molecule has 4 heteroatoms. The number of hydrogen-bond donors (Lipinski definition) is 0. The number of amides is 1. The van der Waals surface area contributed by atoms with Crippen molar-refractivity contribution in [1.82, 2.24) is 4.90 Å². The van der Waals surface area contributed by atoms with Crippen LogP contribution in [0, 0.1) is 6.92 Å². The summed E-state index contributed by atoms with van der Waals surface area (Å²) in [6.45, 7) is 2.52. The van der Waals surface area contributed by atoms with Crippen molar-refractivity contribution < 1.29 is 14.3 Å². The highest BCUT2D eigenvalue weighted by molar-refractivity contribution is 5.91. The monoisotopic (exact) mass is 325 g/mol. The molecule has 0 radical (unpaired) electrons. The molecule has 24 heavy (non-hydrogen) atoms. The van der Waals surface area contributed by atoms with Crippen LogP contribution in [0.25, 0.3) is 6.08 Å². The van der Waals surface area contributed by atoms with Crippen LogP contribution >= 0.6 is 0 Å². The molecular weight excluding hydrogens is 302 g/mol. The zero-order valence-electron chi connectivity index (χ0n) is 14.6. The lowest BCUT2D eigenvalue weighted by Crippen LogP contribution is -2.24. The van der Waals surface area contributed by atoms with Crippen molar-refractivity contribution >= 4 is 12.0 Å². The third kappa shape index (κ3) is 4.62. The van der Waals surface area contributed by atoms with E-state index in [4.69, 9.17) is 9.47 Å². The average molecular weight is 325 g/mol. The van der Waals surface area contributed by atoms with Gasteiger partial charge in [0.05, 0.1) is 14.2 Å². The standard InChI is InChI=1S/C20H23NO3/c1-15-5-11-19(24-4)17(13-15)14-21(2)20(22)12-8-16-6-9-18(23-3)10-7-16/h5-13H,14H2,1-4H3/b12-8+. The van der Waals surface area contributed by atoms with Gasteiger partial charge in [0.1, 0.15) is 11.5 Å². The molecule has 0 N–H and O–H groups in total. The first-order chi connectivity index (χ1) is 11.5. The molecule has 0 unspecified atom stereocenters. The normalized spacial score (nSPS) is 10.7. The third-order valence-electron chi connectivity index (χ3n) is 3.75. The SMILES string of the molecule is COc1ccc(/C=C/C(=O)N(C)Cc2cc(C)ccc2OC)cc1. The molecule has 0 atom stereocenters. The van der Waals surface area contributed by atoms with Gasteiger partial charge < -0.3 is 14.4 Å². The van der Waals surface area contributed by atoms with Gasteiger partial charge in [0, 0.05) is 25.2 Å². The molecule has 0 aromatic heterocycles. The Kier molecular flexibility index (Phi) is 6.01. The quantitative estimate of drug-likeness (QED) is 0.761. The number of carbonyl (C=O) groups is 1. The number of aryl methyl sites for hydroxylation is 1. The summed E-state index contributed by atoms with van der Waals surface area (Å²) >= 11 is 0. The number of likely N-dealkylation sites (N-methyl/N-ethyl adjacent to an activating group) is 1. The maximum Gasteiger partial charge on any atom is 0.246 e. The van der Waals surface area contributed by atoms with Crippen molar-refractivity contribution in [2.45, 2.75) is 13.5 Å². The Morgan fingerprint density at radius 1 is 1.08 bits per heavy atom. The largest absolute Gasteiger partial charge is 0.497 e. The molecule has 4 nitrogen and oxygen atoms in total. The van der Waals surface area contributed by atoms with E-state index in [2.05, 4.69) is 0 Å². The maximum absolute atomic E-state index is 12.3. The van der Waals surface area contributed by atoms with E-state index < -0.39 is 0 Å². The number of benzene rings is 2. The first kappa shape index (κ1) is 17.6. The van der Waals surface area contributed by atoms with Gasteiger partial charge in [0.15, 0.2) is 0 Å². The number of hydrogen-bond acceptors (Lipinski definition) is 3. The Hall–Kier alpha value is -2.75. The summed E-state index contributed by atoms with van der Waals surface area (Å²) in [5.41, 5.74) is 3.08. The van der Waals surface area contributed by atoms with E-state index in [1.807, 2.05) is 49.4 Å². The summed E-state index contributed by atoms with van der Waals surface area (Å²) in [6, 6.07) is 13.5. The molecule has 0 aliphatic heterocycles. The van der Waals surface area contributed by atoms with E-state index in [1.54, 1.807) is 38.3 Å². The van der Waals surface area contributed by atoms with Crippen LogP contribution in [0.15, 0.2) is 48.5 Å². The van der Waals surface area contributed by atoms with Crippen molar-refractivity contribution in [2.24, 2.45) is 0 Å². The summed E-state index contributed by atoms with van der Waals surface area (Å²) in [5, 5.41) is 0. The van der Waals surface area contributed by atoms with Crippen molar-refractivity contribution in [1.29, 1.82) is 0 Å². The van der Waals surface area contributed by atoms with E-state index in [-0.39, 0.29) is 5.91 Å². The van der Waals surface area contributed by atoms with Crippen LogP contribution in [0.1, 0.15) is 16.7 Å². The van der Waals surface area contributed by atoms with Gasteiger partial charge in [-0.1, -0.05) is 29.8 Å². The summed E-state index contributed by atoms with van der Waals surface area (Å²) in [7, 11) is 5.05. The zero-order valence-corrected chi connectivity index (χ0v) is 14.6. The Labute approximate surface area is 143 Å². The molecule has 0 spiro atoms. The van der Waals surface area contributed by atoms with Crippen LogP contribution in [-0.2, 0) is 11.3 Å². The molecule has 2 aromatic carbocycles. The van der Waals surface area contributed by atoms with Gasteiger partial charge in [-0.2, -0.15) is 0 Å². The summed E-state index contributed by atoms with van der Waals surface area (Å²) in [4.78, 5) is 14.0. The van der Waals surface area contributed by atoms with Crippen molar-refractivity contribution in [2.75, 3.05) is 21.3 Å². The molecule has 0 aliphatic rings. The lowest BCUT2D eigenvalue weighted by atomic mass is 10.1. The number of carbonyl (C=O) groups excluding carboxylic acids is 1. The first-order valence-corrected chi connectivity index (χ1v) is 7.74. The average Bonchev–Trinajstić information content (AvgIpc) is 2.60. The summed E-state index contributed by atoms with van der Waals surface area (Å²) in [6.07, 6.45) is 3.37. The van der Waals surface area contributed by atoms with Crippen molar-refractivity contribution in [3.8, 4) is 11.5 Å². The lowest BCUT2D eigenvalue weighted by Gasteiger charge is -2.17. The van der Waals surface area contributed by atoms with Gasteiger partial charge in [0.25, 0.3) is 0 Å². The Balaban J connectivity index is 2.03. The second kappa shape index (κ2) is 8.20. The smallest absolute Gasteiger partial charge is 0.246 e. The third-order valence-corrected chi connectivity index (χ3v) is 3.75. The van der Waals surface area contributed by atoms with E-state index in [9.17, 15) is 4.79 Å². The Morgan fingerprint density at radius 2 is 1.79 bits per heavy atom. The van der Waals surface area contributed by atoms with Crippen LogP contribution in [0.3, 0.4) is 0 Å².